The smallest absolute Gasteiger partial charge is 0.311 e. The maximum Gasteiger partial charge on any atom is 0.311 e. The van der Waals surface area contributed by atoms with Crippen molar-refractivity contribution in [3.05, 3.63) is 59.7 Å². The van der Waals surface area contributed by atoms with Crippen molar-refractivity contribution in [1.29, 1.82) is 0 Å². The lowest BCUT2D eigenvalue weighted by Gasteiger charge is -2.06. The normalized spacial score (nSPS) is 10.5. The van der Waals surface area contributed by atoms with Crippen molar-refractivity contribution in [1.82, 2.24) is 0 Å². The molecular weight excluding hydrogens is 300 g/mol. The summed E-state index contributed by atoms with van der Waals surface area (Å²) in [5.41, 5.74) is 3.92. The molecule has 3 heteroatoms. The van der Waals surface area contributed by atoms with E-state index in [1.807, 2.05) is 12.1 Å². The summed E-state index contributed by atoms with van der Waals surface area (Å²) in [6, 6.07) is 15.6. The van der Waals surface area contributed by atoms with Gasteiger partial charge in [0.15, 0.2) is 5.78 Å². The molecule has 0 aromatic heterocycles. The first-order chi connectivity index (χ1) is 11.6. The first-order valence-electron chi connectivity index (χ1n) is 8.54. The van der Waals surface area contributed by atoms with Crippen LogP contribution in [-0.2, 0) is 11.2 Å². The van der Waals surface area contributed by atoms with Gasteiger partial charge in [-0.15, -0.1) is 0 Å². The highest BCUT2D eigenvalue weighted by atomic mass is 16.4. The predicted octanol–water partition coefficient (Wildman–Crippen LogP) is 5.13. The Labute approximate surface area is 143 Å². The molecule has 0 radical (unpaired) electrons. The minimum absolute atomic E-state index is 0.364. The third kappa shape index (κ3) is 5.34. The van der Waals surface area contributed by atoms with Crippen molar-refractivity contribution in [2.45, 2.75) is 45.4 Å². The molecule has 0 spiro atoms. The van der Waals surface area contributed by atoms with Gasteiger partial charge in [0.1, 0.15) is 6.42 Å². The van der Waals surface area contributed by atoms with E-state index in [2.05, 4.69) is 31.2 Å². The van der Waals surface area contributed by atoms with E-state index in [0.29, 0.717) is 5.56 Å². The number of aryl methyl sites for hydroxylation is 1. The first kappa shape index (κ1) is 17.9. The van der Waals surface area contributed by atoms with Crippen LogP contribution in [0.2, 0.25) is 0 Å². The Morgan fingerprint density at radius 1 is 0.833 bits per heavy atom. The van der Waals surface area contributed by atoms with Crippen LogP contribution in [0, 0.1) is 0 Å². The highest BCUT2D eigenvalue weighted by Crippen LogP contribution is 2.21. The molecule has 0 atom stereocenters. The molecule has 0 aliphatic heterocycles. The summed E-state index contributed by atoms with van der Waals surface area (Å²) in [5.74, 6) is -1.46. The fourth-order valence-corrected chi connectivity index (χ4v) is 2.71. The van der Waals surface area contributed by atoms with E-state index in [0.717, 1.165) is 17.5 Å². The highest BCUT2D eigenvalue weighted by molar-refractivity contribution is 6.05. The maximum absolute atomic E-state index is 11.7. The largest absolute Gasteiger partial charge is 0.481 e. The van der Waals surface area contributed by atoms with Crippen molar-refractivity contribution < 1.29 is 14.7 Å². The van der Waals surface area contributed by atoms with E-state index in [1.54, 1.807) is 12.1 Å². The number of carbonyl (C=O) groups excluding carboxylic acids is 1. The van der Waals surface area contributed by atoms with Crippen molar-refractivity contribution in [2.24, 2.45) is 0 Å². The second kappa shape index (κ2) is 9.02. The number of aliphatic carboxylic acids is 1. The minimum atomic E-state index is -1.10. The quantitative estimate of drug-likeness (QED) is 0.395. The molecule has 24 heavy (non-hydrogen) atoms. The lowest BCUT2D eigenvalue weighted by Crippen LogP contribution is -2.06. The molecule has 0 saturated heterocycles. The van der Waals surface area contributed by atoms with Gasteiger partial charge in [0.25, 0.3) is 0 Å². The van der Waals surface area contributed by atoms with Crippen LogP contribution in [0.25, 0.3) is 11.1 Å². The summed E-state index contributed by atoms with van der Waals surface area (Å²) in [7, 11) is 0. The fourth-order valence-electron chi connectivity index (χ4n) is 2.71. The Bertz CT molecular complexity index is 669. The predicted molar refractivity (Wildman–Crippen MR) is 96.3 cm³/mol. The molecule has 0 aliphatic carbocycles. The van der Waals surface area contributed by atoms with Crippen molar-refractivity contribution in [3.8, 4) is 11.1 Å². The molecule has 2 aromatic carbocycles. The third-order valence-corrected chi connectivity index (χ3v) is 4.12. The Morgan fingerprint density at radius 3 is 1.96 bits per heavy atom. The molecule has 0 unspecified atom stereocenters. The zero-order valence-corrected chi connectivity index (χ0v) is 14.1. The minimum Gasteiger partial charge on any atom is -0.481 e. The fraction of sp³-hybridized carbons (Fsp3) is 0.333. The van der Waals surface area contributed by atoms with E-state index in [1.165, 1.54) is 31.2 Å². The third-order valence-electron chi connectivity index (χ3n) is 4.12. The van der Waals surface area contributed by atoms with E-state index in [4.69, 9.17) is 5.11 Å². The molecule has 2 aromatic rings. The summed E-state index contributed by atoms with van der Waals surface area (Å²) in [4.78, 5) is 22.3. The molecule has 0 aliphatic rings. The van der Waals surface area contributed by atoms with Crippen LogP contribution in [-0.4, -0.2) is 16.9 Å². The van der Waals surface area contributed by atoms with Crippen molar-refractivity contribution in [2.75, 3.05) is 0 Å². The van der Waals surface area contributed by atoms with Crippen LogP contribution in [0.15, 0.2) is 48.5 Å². The van der Waals surface area contributed by atoms with Gasteiger partial charge in [0.2, 0.25) is 0 Å². The van der Waals surface area contributed by atoms with Gasteiger partial charge in [0.05, 0.1) is 0 Å². The Morgan fingerprint density at radius 2 is 1.42 bits per heavy atom. The van der Waals surface area contributed by atoms with Gasteiger partial charge in [0, 0.05) is 5.56 Å². The average Bonchev–Trinajstić information content (AvgIpc) is 2.59. The lowest BCUT2D eigenvalue weighted by molar-refractivity contribution is -0.135. The summed E-state index contributed by atoms with van der Waals surface area (Å²) in [5, 5.41) is 8.67. The van der Waals surface area contributed by atoms with Crippen molar-refractivity contribution >= 4 is 11.8 Å². The Hall–Kier alpha value is -2.42. The molecule has 3 nitrogen and oxygen atoms in total. The summed E-state index contributed by atoms with van der Waals surface area (Å²) in [6.45, 7) is 2.22. The molecule has 0 heterocycles. The molecule has 2 rings (SSSR count). The summed E-state index contributed by atoms with van der Waals surface area (Å²) >= 11 is 0. The topological polar surface area (TPSA) is 54.4 Å². The van der Waals surface area contributed by atoms with Gasteiger partial charge in [-0.3, -0.25) is 9.59 Å². The van der Waals surface area contributed by atoms with E-state index in [-0.39, 0.29) is 5.78 Å². The zero-order chi connectivity index (χ0) is 17.4. The van der Waals surface area contributed by atoms with Crippen LogP contribution in [0.1, 0.15) is 54.9 Å². The van der Waals surface area contributed by atoms with Crippen LogP contribution in [0.3, 0.4) is 0 Å². The zero-order valence-electron chi connectivity index (χ0n) is 14.1. The number of carbonyl (C=O) groups is 2. The number of benzene rings is 2. The SMILES string of the molecule is CCCCCCc1ccc(-c2ccc(C(=O)CC(=O)O)cc2)cc1. The van der Waals surface area contributed by atoms with Gasteiger partial charge < -0.3 is 5.11 Å². The van der Waals surface area contributed by atoms with Crippen LogP contribution >= 0.6 is 0 Å². The molecule has 0 fully saturated rings. The highest BCUT2D eigenvalue weighted by Gasteiger charge is 2.10. The van der Waals surface area contributed by atoms with Crippen molar-refractivity contribution in [3.63, 3.8) is 0 Å². The second-order valence-electron chi connectivity index (χ2n) is 6.08. The van der Waals surface area contributed by atoms with E-state index < -0.39 is 12.4 Å². The van der Waals surface area contributed by atoms with Gasteiger partial charge >= 0.3 is 5.97 Å². The molecule has 126 valence electrons. The number of carboxylic acid groups (broad SMARTS) is 1. The Kier molecular flexibility index (Phi) is 6.74. The first-order valence-corrected chi connectivity index (χ1v) is 8.54. The number of hydrogen-bond acceptors (Lipinski definition) is 2. The number of rotatable bonds is 9. The van der Waals surface area contributed by atoms with Gasteiger partial charge in [-0.05, 0) is 29.5 Å². The molecule has 1 N–H and O–H groups in total. The van der Waals surface area contributed by atoms with E-state index >= 15 is 0 Å². The standard InChI is InChI=1S/C21H24O3/c1-2-3-4-5-6-16-7-9-17(10-8-16)18-11-13-19(14-12-18)20(22)15-21(23)24/h7-14H,2-6,15H2,1H3,(H,23,24). The van der Waals surface area contributed by atoms with Gasteiger partial charge in [-0.2, -0.15) is 0 Å². The molecule has 0 amide bonds. The number of Topliss-reactive ketones (excluding diaryl/α,β-unsaturated/α-hetero) is 1. The number of ketones is 1. The van der Waals surface area contributed by atoms with Gasteiger partial charge in [-0.1, -0.05) is 74.7 Å². The number of carboxylic acids is 1. The summed E-state index contributed by atoms with van der Waals surface area (Å²) < 4.78 is 0. The summed E-state index contributed by atoms with van der Waals surface area (Å²) in [6.07, 6.45) is 5.71. The van der Waals surface area contributed by atoms with E-state index in [9.17, 15) is 9.59 Å². The van der Waals surface area contributed by atoms with Gasteiger partial charge in [-0.25, -0.2) is 0 Å². The van der Waals surface area contributed by atoms with Crippen LogP contribution in [0.5, 0.6) is 0 Å². The average molecular weight is 324 g/mol. The molecular formula is C21H24O3. The van der Waals surface area contributed by atoms with Crippen LogP contribution in [0.4, 0.5) is 0 Å². The molecule has 0 saturated carbocycles. The monoisotopic (exact) mass is 324 g/mol. The maximum atomic E-state index is 11.7. The molecule has 0 bridgehead atoms. The second-order valence-corrected chi connectivity index (χ2v) is 6.08. The number of hydrogen-bond donors (Lipinski definition) is 1. The lowest BCUT2D eigenvalue weighted by atomic mass is 9.99. The number of unbranched alkanes of at least 4 members (excludes halogenated alkanes) is 3. The Balaban J connectivity index is 1.98. The van der Waals surface area contributed by atoms with Crippen LogP contribution < -0.4 is 0 Å².